The van der Waals surface area contributed by atoms with E-state index in [4.69, 9.17) is 5.73 Å². The molecule has 0 saturated carbocycles. The molecule has 1 aromatic carbocycles. The van der Waals surface area contributed by atoms with Crippen molar-refractivity contribution in [2.75, 3.05) is 0 Å². The van der Waals surface area contributed by atoms with Gasteiger partial charge >= 0.3 is 0 Å². The summed E-state index contributed by atoms with van der Waals surface area (Å²) in [6.45, 7) is -0.150. The molecule has 2 aromatic rings. The summed E-state index contributed by atoms with van der Waals surface area (Å²) in [5.74, 6) is -1.24. The van der Waals surface area contributed by atoms with E-state index < -0.39 is 11.6 Å². The maximum Gasteiger partial charge on any atom is 0.141 e. The zero-order valence-corrected chi connectivity index (χ0v) is 7.59. The Balaban J connectivity index is 2.87. The highest BCUT2D eigenvalue weighted by molar-refractivity contribution is 5.80. The third kappa shape index (κ3) is 1.09. The van der Waals surface area contributed by atoms with Crippen molar-refractivity contribution in [2.45, 2.75) is 6.54 Å². The highest BCUT2D eigenvalue weighted by Gasteiger charge is 2.14. The first-order valence-corrected chi connectivity index (χ1v) is 4.13. The lowest BCUT2D eigenvalue weighted by atomic mass is 10.1. The van der Waals surface area contributed by atoms with Gasteiger partial charge in [-0.1, -0.05) is 0 Å². The van der Waals surface area contributed by atoms with E-state index in [0.717, 1.165) is 0 Å². The summed E-state index contributed by atoms with van der Waals surface area (Å²) in [5.41, 5.74) is 5.58. The zero-order valence-electron chi connectivity index (χ0n) is 7.59. The highest BCUT2D eigenvalue weighted by atomic mass is 19.1. The SMILES string of the molecule is Cn1ncc2c(F)c(CN)c(F)cc21. The Morgan fingerprint density at radius 3 is 2.86 bits per heavy atom. The van der Waals surface area contributed by atoms with Crippen molar-refractivity contribution in [3.8, 4) is 0 Å². The number of hydrogen-bond acceptors (Lipinski definition) is 2. The van der Waals surface area contributed by atoms with Gasteiger partial charge in [0.05, 0.1) is 17.1 Å². The Morgan fingerprint density at radius 2 is 2.21 bits per heavy atom. The number of benzene rings is 1. The summed E-state index contributed by atoms with van der Waals surface area (Å²) in [6.07, 6.45) is 1.36. The van der Waals surface area contributed by atoms with E-state index in [9.17, 15) is 8.78 Å². The molecule has 3 nitrogen and oxygen atoms in total. The van der Waals surface area contributed by atoms with Crippen LogP contribution in [0.4, 0.5) is 8.78 Å². The molecule has 2 rings (SSSR count). The van der Waals surface area contributed by atoms with Gasteiger partial charge in [0.2, 0.25) is 0 Å². The fraction of sp³-hybridized carbons (Fsp3) is 0.222. The first kappa shape index (κ1) is 9.08. The molecule has 5 heteroatoms. The van der Waals surface area contributed by atoms with E-state index in [2.05, 4.69) is 5.10 Å². The molecule has 0 unspecified atom stereocenters. The van der Waals surface area contributed by atoms with Crippen molar-refractivity contribution in [3.05, 3.63) is 29.5 Å². The lowest BCUT2D eigenvalue weighted by Gasteiger charge is -2.03. The molecule has 0 aliphatic carbocycles. The van der Waals surface area contributed by atoms with Crippen molar-refractivity contribution in [1.82, 2.24) is 9.78 Å². The van der Waals surface area contributed by atoms with Gasteiger partial charge in [-0.3, -0.25) is 4.68 Å². The molecule has 0 radical (unpaired) electrons. The fourth-order valence-electron chi connectivity index (χ4n) is 1.45. The quantitative estimate of drug-likeness (QED) is 0.749. The first-order valence-electron chi connectivity index (χ1n) is 4.13. The molecule has 0 spiro atoms. The maximum absolute atomic E-state index is 13.6. The topological polar surface area (TPSA) is 43.8 Å². The first-order chi connectivity index (χ1) is 6.65. The lowest BCUT2D eigenvalue weighted by Crippen LogP contribution is -2.04. The summed E-state index contributed by atoms with van der Waals surface area (Å²) in [4.78, 5) is 0. The molecule has 2 N–H and O–H groups in total. The molecule has 0 atom stereocenters. The Bertz CT molecular complexity index is 490. The predicted molar refractivity (Wildman–Crippen MR) is 48.5 cm³/mol. The molecule has 1 heterocycles. The third-order valence-electron chi connectivity index (χ3n) is 2.24. The molecule has 0 aliphatic rings. The summed E-state index contributed by atoms with van der Waals surface area (Å²) < 4.78 is 28.3. The summed E-state index contributed by atoms with van der Waals surface area (Å²) >= 11 is 0. The summed E-state index contributed by atoms with van der Waals surface area (Å²) in [6, 6.07) is 1.24. The molecule has 0 amide bonds. The van der Waals surface area contributed by atoms with Gasteiger partial charge in [-0.25, -0.2) is 8.78 Å². The van der Waals surface area contributed by atoms with E-state index in [1.807, 2.05) is 0 Å². The van der Waals surface area contributed by atoms with Crippen LogP contribution in [0.15, 0.2) is 12.3 Å². The smallest absolute Gasteiger partial charge is 0.141 e. The number of nitrogens with two attached hydrogens (primary N) is 1. The standard InChI is InChI=1S/C9H9F2N3/c1-14-8-2-7(10)5(3-12)9(11)6(8)4-13-14/h2,4H,3,12H2,1H3. The van der Waals surface area contributed by atoms with Crippen LogP contribution in [-0.2, 0) is 13.6 Å². The van der Waals surface area contributed by atoms with Crippen LogP contribution in [-0.4, -0.2) is 9.78 Å². The number of hydrogen-bond donors (Lipinski definition) is 1. The molecule has 74 valence electrons. The predicted octanol–water partition coefficient (Wildman–Crippen LogP) is 1.31. The third-order valence-corrected chi connectivity index (χ3v) is 2.24. The van der Waals surface area contributed by atoms with Crippen LogP contribution in [0.25, 0.3) is 10.9 Å². The number of nitrogens with zero attached hydrogens (tertiary/aromatic N) is 2. The maximum atomic E-state index is 13.6. The fourth-order valence-corrected chi connectivity index (χ4v) is 1.45. The van der Waals surface area contributed by atoms with E-state index >= 15 is 0 Å². The lowest BCUT2D eigenvalue weighted by molar-refractivity contribution is 0.565. The summed E-state index contributed by atoms with van der Waals surface area (Å²) in [7, 11) is 1.63. The van der Waals surface area contributed by atoms with Gasteiger partial charge in [0.1, 0.15) is 11.6 Å². The van der Waals surface area contributed by atoms with E-state index in [1.54, 1.807) is 7.05 Å². The van der Waals surface area contributed by atoms with Gasteiger partial charge in [0, 0.05) is 25.2 Å². The van der Waals surface area contributed by atoms with E-state index in [0.29, 0.717) is 10.9 Å². The van der Waals surface area contributed by atoms with E-state index in [-0.39, 0.29) is 12.1 Å². The summed E-state index contributed by atoms with van der Waals surface area (Å²) in [5, 5.41) is 4.14. The second-order valence-corrected chi connectivity index (χ2v) is 3.06. The molecule has 0 fully saturated rings. The minimum atomic E-state index is -0.624. The average molecular weight is 197 g/mol. The second kappa shape index (κ2) is 3.02. The number of rotatable bonds is 1. The minimum Gasteiger partial charge on any atom is -0.326 e. The van der Waals surface area contributed by atoms with Crippen LogP contribution in [0.2, 0.25) is 0 Å². The van der Waals surface area contributed by atoms with Gasteiger partial charge < -0.3 is 5.73 Å². The van der Waals surface area contributed by atoms with Gasteiger partial charge in [0.25, 0.3) is 0 Å². The van der Waals surface area contributed by atoms with Crippen LogP contribution >= 0.6 is 0 Å². The Labute approximate surface area is 79.1 Å². The molecule has 0 bridgehead atoms. The van der Waals surface area contributed by atoms with Crippen LogP contribution in [0.3, 0.4) is 0 Å². The minimum absolute atomic E-state index is 0.0921. The van der Waals surface area contributed by atoms with Crippen LogP contribution < -0.4 is 5.73 Å². The zero-order chi connectivity index (χ0) is 10.3. The van der Waals surface area contributed by atoms with Gasteiger partial charge in [-0.2, -0.15) is 5.10 Å². The Kier molecular flexibility index (Phi) is 1.96. The molecule has 0 aliphatic heterocycles. The number of fused-ring (bicyclic) bond motifs is 1. The van der Waals surface area contributed by atoms with Crippen molar-refractivity contribution in [1.29, 1.82) is 0 Å². The normalized spacial score (nSPS) is 11.1. The number of aromatic nitrogens is 2. The molecule has 1 aromatic heterocycles. The van der Waals surface area contributed by atoms with Gasteiger partial charge in [-0.15, -0.1) is 0 Å². The molecule has 14 heavy (non-hydrogen) atoms. The Morgan fingerprint density at radius 1 is 1.50 bits per heavy atom. The van der Waals surface area contributed by atoms with Crippen LogP contribution in [0, 0.1) is 11.6 Å². The Hall–Kier alpha value is -1.49. The number of halogens is 2. The molecule has 0 saturated heterocycles. The van der Waals surface area contributed by atoms with Crippen molar-refractivity contribution < 1.29 is 8.78 Å². The highest BCUT2D eigenvalue weighted by Crippen LogP contribution is 2.22. The second-order valence-electron chi connectivity index (χ2n) is 3.06. The molecular weight excluding hydrogens is 188 g/mol. The van der Waals surface area contributed by atoms with E-state index in [1.165, 1.54) is 16.9 Å². The monoisotopic (exact) mass is 197 g/mol. The van der Waals surface area contributed by atoms with Crippen molar-refractivity contribution in [3.63, 3.8) is 0 Å². The van der Waals surface area contributed by atoms with Gasteiger partial charge in [0.15, 0.2) is 0 Å². The van der Waals surface area contributed by atoms with Gasteiger partial charge in [-0.05, 0) is 0 Å². The number of aryl methyl sites for hydroxylation is 1. The largest absolute Gasteiger partial charge is 0.326 e. The van der Waals surface area contributed by atoms with Crippen LogP contribution in [0.5, 0.6) is 0 Å². The van der Waals surface area contributed by atoms with Crippen molar-refractivity contribution in [2.24, 2.45) is 12.8 Å². The molecular formula is C9H9F2N3. The average Bonchev–Trinajstić information content (AvgIpc) is 2.49. The van der Waals surface area contributed by atoms with Crippen LogP contribution in [0.1, 0.15) is 5.56 Å². The van der Waals surface area contributed by atoms with Crippen molar-refractivity contribution >= 4 is 10.9 Å².